The first-order valence-electron chi connectivity index (χ1n) is 7.53. The minimum absolute atomic E-state index is 0.211. The smallest absolute Gasteiger partial charge is 0.214 e. The minimum atomic E-state index is -0.211. The summed E-state index contributed by atoms with van der Waals surface area (Å²) in [6.07, 6.45) is 6.23. The molecule has 0 atom stereocenters. The van der Waals surface area contributed by atoms with Crippen molar-refractivity contribution in [2.45, 2.75) is 6.42 Å². The summed E-state index contributed by atoms with van der Waals surface area (Å²) in [6.45, 7) is 0.734. The number of pyridine rings is 1. The molecule has 0 aliphatic rings. The van der Waals surface area contributed by atoms with Crippen LogP contribution in [0.4, 0.5) is 9.52 Å². The van der Waals surface area contributed by atoms with Gasteiger partial charge >= 0.3 is 0 Å². The maximum atomic E-state index is 12.9. The highest BCUT2D eigenvalue weighted by molar-refractivity contribution is 7.20. The van der Waals surface area contributed by atoms with Gasteiger partial charge in [0.25, 0.3) is 0 Å². The molecule has 3 heterocycles. The molecule has 120 valence electrons. The molecule has 0 saturated heterocycles. The Bertz CT molecular complexity index is 915. The third-order valence-electron chi connectivity index (χ3n) is 3.60. The molecule has 0 amide bonds. The standard InChI is InChI=1S/C17H14FN5S/c18-14-5-3-12(4-6-14)7-9-20-16-22-23-11-15(21-17(23)24-16)13-2-1-8-19-10-13/h1-6,8,10-11H,7,9H2,(H,20,22). The number of rotatable bonds is 5. The number of fused-ring (bicyclic) bond motifs is 1. The molecule has 4 rings (SSSR count). The van der Waals surface area contributed by atoms with Crippen LogP contribution in [-0.2, 0) is 6.42 Å². The molecule has 0 bridgehead atoms. The van der Waals surface area contributed by atoms with Crippen molar-refractivity contribution < 1.29 is 4.39 Å². The van der Waals surface area contributed by atoms with Crippen LogP contribution in [0.25, 0.3) is 16.2 Å². The van der Waals surface area contributed by atoms with Gasteiger partial charge in [-0.1, -0.05) is 23.5 Å². The fourth-order valence-electron chi connectivity index (χ4n) is 2.39. The lowest BCUT2D eigenvalue weighted by molar-refractivity contribution is 0.627. The molecule has 3 aromatic heterocycles. The van der Waals surface area contributed by atoms with Crippen molar-refractivity contribution in [2.75, 3.05) is 11.9 Å². The maximum Gasteiger partial charge on any atom is 0.214 e. The molecule has 0 spiro atoms. The summed E-state index contributed by atoms with van der Waals surface area (Å²) in [4.78, 5) is 9.51. The highest BCUT2D eigenvalue weighted by Gasteiger charge is 2.09. The predicted octanol–water partition coefficient (Wildman–Crippen LogP) is 3.65. The van der Waals surface area contributed by atoms with Gasteiger partial charge in [-0.3, -0.25) is 4.98 Å². The zero-order valence-corrected chi connectivity index (χ0v) is 13.5. The molecule has 4 aromatic rings. The Kier molecular flexibility index (Phi) is 3.92. The zero-order valence-electron chi connectivity index (χ0n) is 12.7. The monoisotopic (exact) mass is 339 g/mol. The summed E-state index contributed by atoms with van der Waals surface area (Å²) in [6, 6.07) is 10.4. The van der Waals surface area contributed by atoms with Gasteiger partial charge in [0.2, 0.25) is 10.1 Å². The average molecular weight is 339 g/mol. The largest absolute Gasteiger partial charge is 0.360 e. The van der Waals surface area contributed by atoms with Gasteiger partial charge in [0.15, 0.2) is 0 Å². The van der Waals surface area contributed by atoms with Gasteiger partial charge < -0.3 is 5.32 Å². The lowest BCUT2D eigenvalue weighted by Gasteiger charge is -2.02. The quantitative estimate of drug-likeness (QED) is 0.603. The van der Waals surface area contributed by atoms with Crippen LogP contribution in [0.2, 0.25) is 0 Å². The number of hydrogen-bond acceptors (Lipinski definition) is 5. The molecule has 1 N–H and O–H groups in total. The van der Waals surface area contributed by atoms with E-state index in [0.29, 0.717) is 0 Å². The fourth-order valence-corrected chi connectivity index (χ4v) is 3.20. The van der Waals surface area contributed by atoms with Gasteiger partial charge in [0.05, 0.1) is 11.9 Å². The topological polar surface area (TPSA) is 55.1 Å². The van der Waals surface area contributed by atoms with E-state index in [2.05, 4.69) is 20.4 Å². The summed E-state index contributed by atoms with van der Waals surface area (Å²) in [5.41, 5.74) is 2.92. The first-order valence-corrected chi connectivity index (χ1v) is 8.34. The molecule has 0 radical (unpaired) electrons. The lowest BCUT2D eigenvalue weighted by Crippen LogP contribution is -2.04. The van der Waals surface area contributed by atoms with Crippen LogP contribution in [0.15, 0.2) is 55.0 Å². The summed E-state index contributed by atoms with van der Waals surface area (Å²) >= 11 is 1.50. The van der Waals surface area contributed by atoms with E-state index in [9.17, 15) is 4.39 Å². The van der Waals surface area contributed by atoms with Crippen LogP contribution in [0.5, 0.6) is 0 Å². The Labute approximate surface area is 141 Å². The normalized spacial score (nSPS) is 11.0. The van der Waals surface area contributed by atoms with Crippen LogP contribution in [0.3, 0.4) is 0 Å². The maximum absolute atomic E-state index is 12.9. The van der Waals surface area contributed by atoms with E-state index in [1.807, 2.05) is 18.3 Å². The molecule has 5 nitrogen and oxygen atoms in total. The molecule has 7 heteroatoms. The Balaban J connectivity index is 1.42. The Hall–Kier alpha value is -2.80. The third-order valence-corrected chi connectivity index (χ3v) is 4.48. The van der Waals surface area contributed by atoms with Gasteiger partial charge in [0.1, 0.15) is 5.82 Å². The Morgan fingerprint density at radius 1 is 1.17 bits per heavy atom. The SMILES string of the molecule is Fc1ccc(CCNc2nn3cc(-c4cccnc4)nc3s2)cc1. The van der Waals surface area contributed by atoms with E-state index in [-0.39, 0.29) is 5.82 Å². The van der Waals surface area contributed by atoms with Gasteiger partial charge in [-0.2, -0.15) is 0 Å². The first kappa shape index (κ1) is 14.8. The number of nitrogens with one attached hydrogen (secondary N) is 1. The van der Waals surface area contributed by atoms with E-state index < -0.39 is 0 Å². The summed E-state index contributed by atoms with van der Waals surface area (Å²) < 4.78 is 14.6. The van der Waals surface area contributed by atoms with E-state index in [4.69, 9.17) is 0 Å². The van der Waals surface area contributed by atoms with Crippen LogP contribution < -0.4 is 5.32 Å². The number of imidazole rings is 1. The molecular weight excluding hydrogens is 325 g/mol. The molecule has 0 aliphatic heterocycles. The minimum Gasteiger partial charge on any atom is -0.360 e. The molecule has 24 heavy (non-hydrogen) atoms. The van der Waals surface area contributed by atoms with Gasteiger partial charge in [-0.05, 0) is 36.2 Å². The van der Waals surface area contributed by atoms with Gasteiger partial charge in [0, 0.05) is 24.5 Å². The number of benzene rings is 1. The third kappa shape index (κ3) is 3.11. The van der Waals surface area contributed by atoms with E-state index in [0.717, 1.165) is 39.9 Å². The molecule has 0 saturated carbocycles. The summed E-state index contributed by atoms with van der Waals surface area (Å²) in [7, 11) is 0. The summed E-state index contributed by atoms with van der Waals surface area (Å²) in [5.74, 6) is -0.211. The molecule has 0 fully saturated rings. The second kappa shape index (κ2) is 6.37. The van der Waals surface area contributed by atoms with Crippen molar-refractivity contribution in [1.29, 1.82) is 0 Å². The van der Waals surface area contributed by atoms with Crippen LogP contribution >= 0.6 is 11.3 Å². The van der Waals surface area contributed by atoms with Crippen molar-refractivity contribution in [3.8, 4) is 11.3 Å². The van der Waals surface area contributed by atoms with Crippen molar-refractivity contribution in [2.24, 2.45) is 0 Å². The van der Waals surface area contributed by atoms with Crippen LogP contribution in [0.1, 0.15) is 5.56 Å². The molecule has 0 unspecified atom stereocenters. The van der Waals surface area contributed by atoms with Crippen LogP contribution in [0, 0.1) is 5.82 Å². The predicted molar refractivity (Wildman–Crippen MR) is 92.7 cm³/mol. The number of aromatic nitrogens is 4. The van der Waals surface area contributed by atoms with E-state index in [1.165, 1.54) is 23.5 Å². The Morgan fingerprint density at radius 2 is 2.04 bits per heavy atom. The first-order chi connectivity index (χ1) is 11.8. The van der Waals surface area contributed by atoms with E-state index in [1.54, 1.807) is 29.0 Å². The molecule has 1 aromatic carbocycles. The Morgan fingerprint density at radius 3 is 2.79 bits per heavy atom. The van der Waals surface area contributed by atoms with Crippen LogP contribution in [-0.4, -0.2) is 26.1 Å². The lowest BCUT2D eigenvalue weighted by atomic mass is 10.1. The van der Waals surface area contributed by atoms with E-state index >= 15 is 0 Å². The number of anilines is 1. The van der Waals surface area contributed by atoms with Gasteiger partial charge in [-0.15, -0.1) is 5.10 Å². The van der Waals surface area contributed by atoms with Crippen molar-refractivity contribution >= 4 is 21.4 Å². The number of nitrogens with zero attached hydrogens (tertiary/aromatic N) is 4. The number of hydrogen-bond donors (Lipinski definition) is 1. The van der Waals surface area contributed by atoms with Crippen molar-refractivity contribution in [3.63, 3.8) is 0 Å². The summed E-state index contributed by atoms with van der Waals surface area (Å²) in [5, 5.41) is 8.59. The highest BCUT2D eigenvalue weighted by Crippen LogP contribution is 2.23. The zero-order chi connectivity index (χ0) is 16.4. The van der Waals surface area contributed by atoms with Crippen molar-refractivity contribution in [3.05, 3.63) is 66.4 Å². The number of halogens is 1. The molecular formula is C17H14FN5S. The van der Waals surface area contributed by atoms with Crippen molar-refractivity contribution in [1.82, 2.24) is 19.6 Å². The second-order valence-corrected chi connectivity index (χ2v) is 6.26. The highest BCUT2D eigenvalue weighted by atomic mass is 32.1. The van der Waals surface area contributed by atoms with Gasteiger partial charge in [-0.25, -0.2) is 13.9 Å². The average Bonchev–Trinajstić information content (AvgIpc) is 3.16. The fraction of sp³-hybridized carbons (Fsp3) is 0.118. The second-order valence-electron chi connectivity index (χ2n) is 5.31. The molecule has 0 aliphatic carbocycles.